The quantitative estimate of drug-likeness (QED) is 0.716. The molecule has 0 bridgehead atoms. The molecule has 0 saturated carbocycles. The Bertz CT molecular complexity index is 417. The van der Waals surface area contributed by atoms with Crippen molar-refractivity contribution in [3.8, 4) is 0 Å². The van der Waals surface area contributed by atoms with Crippen molar-refractivity contribution in [1.82, 2.24) is 9.03 Å². The normalized spacial score (nSPS) is 20.7. The molecule has 7 heteroatoms. The second-order valence-corrected chi connectivity index (χ2v) is 7.71. The van der Waals surface area contributed by atoms with Crippen molar-refractivity contribution in [2.75, 3.05) is 13.1 Å². The van der Waals surface area contributed by atoms with Crippen molar-refractivity contribution in [3.63, 3.8) is 0 Å². The van der Waals surface area contributed by atoms with Crippen LogP contribution in [-0.4, -0.2) is 42.9 Å². The van der Waals surface area contributed by atoms with Gasteiger partial charge in [-0.15, -0.1) is 0 Å². The molecule has 1 rings (SSSR count). The highest BCUT2D eigenvalue weighted by Gasteiger charge is 2.24. The van der Waals surface area contributed by atoms with Crippen molar-refractivity contribution in [3.05, 3.63) is 0 Å². The molecule has 0 aromatic rings. The summed E-state index contributed by atoms with van der Waals surface area (Å²) in [5.41, 5.74) is 0. The van der Waals surface area contributed by atoms with Crippen molar-refractivity contribution >= 4 is 16.2 Å². The number of carboxylic acid groups (broad SMARTS) is 1. The van der Waals surface area contributed by atoms with Crippen LogP contribution in [0.25, 0.3) is 0 Å². The van der Waals surface area contributed by atoms with Crippen LogP contribution in [0.1, 0.15) is 58.8 Å². The smallest absolute Gasteiger partial charge is 0.306 e. The maximum absolute atomic E-state index is 12.3. The molecule has 1 heterocycles. The van der Waals surface area contributed by atoms with E-state index in [9.17, 15) is 13.2 Å². The van der Waals surface area contributed by atoms with Crippen molar-refractivity contribution in [1.29, 1.82) is 0 Å². The molecule has 0 aliphatic carbocycles. The lowest BCUT2D eigenvalue weighted by molar-refractivity contribution is -0.141. The van der Waals surface area contributed by atoms with Crippen LogP contribution in [-0.2, 0) is 15.0 Å². The molecule has 124 valence electrons. The van der Waals surface area contributed by atoms with E-state index in [-0.39, 0.29) is 12.0 Å². The van der Waals surface area contributed by atoms with Gasteiger partial charge in [0.2, 0.25) is 0 Å². The molecule has 21 heavy (non-hydrogen) atoms. The molecule has 0 aromatic carbocycles. The molecule has 1 aliphatic heterocycles. The zero-order valence-corrected chi connectivity index (χ0v) is 13.9. The summed E-state index contributed by atoms with van der Waals surface area (Å²) in [6, 6.07) is -0.167. The van der Waals surface area contributed by atoms with E-state index in [0.29, 0.717) is 32.4 Å². The molecule has 2 unspecified atom stereocenters. The Balaban J connectivity index is 2.37. The van der Waals surface area contributed by atoms with Gasteiger partial charge in [-0.2, -0.15) is 17.4 Å². The standard InChI is InChI=1S/C14H28N2O4S/c1-12(14(17)18)8-7-9-13(2)15-21(19,20)16-10-5-3-4-6-11-16/h12-13,15H,3-11H2,1-2H3,(H,17,18). The van der Waals surface area contributed by atoms with Gasteiger partial charge in [0.25, 0.3) is 10.2 Å². The molecule has 1 saturated heterocycles. The summed E-state index contributed by atoms with van der Waals surface area (Å²) < 4.78 is 28.8. The molecule has 6 nitrogen and oxygen atoms in total. The number of hydrogen-bond donors (Lipinski definition) is 2. The third kappa shape index (κ3) is 6.76. The predicted octanol–water partition coefficient (Wildman–Crippen LogP) is 1.98. The van der Waals surface area contributed by atoms with Crippen molar-refractivity contribution < 1.29 is 18.3 Å². The summed E-state index contributed by atoms with van der Waals surface area (Å²) in [7, 11) is -3.41. The van der Waals surface area contributed by atoms with Crippen LogP contribution in [0, 0.1) is 5.92 Å². The number of carboxylic acids is 1. The van der Waals surface area contributed by atoms with E-state index in [2.05, 4.69) is 4.72 Å². The van der Waals surface area contributed by atoms with E-state index in [0.717, 1.165) is 25.7 Å². The lowest BCUT2D eigenvalue weighted by Gasteiger charge is -2.23. The van der Waals surface area contributed by atoms with Gasteiger partial charge in [0.1, 0.15) is 0 Å². The molecule has 0 aromatic heterocycles. The Labute approximate surface area is 128 Å². The summed E-state index contributed by atoms with van der Waals surface area (Å²) in [6.45, 7) is 4.70. The van der Waals surface area contributed by atoms with E-state index < -0.39 is 16.2 Å². The minimum absolute atomic E-state index is 0.167. The summed E-state index contributed by atoms with van der Waals surface area (Å²) in [5, 5.41) is 8.81. The summed E-state index contributed by atoms with van der Waals surface area (Å²) in [5.74, 6) is -1.17. The molecular weight excluding hydrogens is 292 g/mol. The minimum atomic E-state index is -3.41. The fourth-order valence-corrected chi connectivity index (χ4v) is 4.04. The largest absolute Gasteiger partial charge is 0.481 e. The highest BCUT2D eigenvalue weighted by atomic mass is 32.2. The summed E-state index contributed by atoms with van der Waals surface area (Å²) in [6.07, 6.45) is 5.97. The second kappa shape index (κ2) is 8.70. The highest BCUT2D eigenvalue weighted by molar-refractivity contribution is 7.87. The fourth-order valence-electron chi connectivity index (χ4n) is 2.52. The Morgan fingerprint density at radius 3 is 2.24 bits per heavy atom. The van der Waals surface area contributed by atoms with Gasteiger partial charge < -0.3 is 5.11 Å². The van der Waals surface area contributed by atoms with Gasteiger partial charge in [-0.05, 0) is 32.6 Å². The fraction of sp³-hybridized carbons (Fsp3) is 0.929. The Hall–Kier alpha value is -0.660. The minimum Gasteiger partial charge on any atom is -0.481 e. The van der Waals surface area contributed by atoms with Crippen LogP contribution in [0.3, 0.4) is 0 Å². The number of nitrogens with one attached hydrogen (secondary N) is 1. The second-order valence-electron chi connectivity index (χ2n) is 6.01. The topological polar surface area (TPSA) is 86.7 Å². The van der Waals surface area contributed by atoms with Crippen LogP contribution < -0.4 is 4.72 Å². The number of carbonyl (C=O) groups is 1. The van der Waals surface area contributed by atoms with Gasteiger partial charge in [-0.3, -0.25) is 4.79 Å². The molecular formula is C14H28N2O4S. The first kappa shape index (κ1) is 18.4. The zero-order chi connectivity index (χ0) is 15.9. The third-order valence-corrected chi connectivity index (χ3v) is 5.70. The van der Waals surface area contributed by atoms with Gasteiger partial charge in [0, 0.05) is 19.1 Å². The van der Waals surface area contributed by atoms with E-state index in [1.165, 1.54) is 4.31 Å². The number of hydrogen-bond acceptors (Lipinski definition) is 3. The molecule has 0 amide bonds. The first-order valence-electron chi connectivity index (χ1n) is 7.83. The summed E-state index contributed by atoms with van der Waals surface area (Å²) in [4.78, 5) is 10.7. The lowest BCUT2D eigenvalue weighted by Crippen LogP contribution is -2.44. The first-order chi connectivity index (χ1) is 9.83. The average Bonchev–Trinajstić information content (AvgIpc) is 2.67. The van der Waals surface area contributed by atoms with Crippen molar-refractivity contribution in [2.24, 2.45) is 5.92 Å². The van der Waals surface area contributed by atoms with Crippen LogP contribution in [0.4, 0.5) is 0 Å². The van der Waals surface area contributed by atoms with Crippen LogP contribution in [0.15, 0.2) is 0 Å². The maximum atomic E-state index is 12.3. The van der Waals surface area contributed by atoms with Crippen LogP contribution >= 0.6 is 0 Å². The Morgan fingerprint density at radius 1 is 1.14 bits per heavy atom. The molecule has 2 atom stereocenters. The SMILES string of the molecule is CC(CCCC(C)C(=O)O)NS(=O)(=O)N1CCCCCC1. The Morgan fingerprint density at radius 2 is 1.71 bits per heavy atom. The monoisotopic (exact) mass is 320 g/mol. The van der Waals surface area contributed by atoms with E-state index in [4.69, 9.17) is 5.11 Å². The number of rotatable bonds is 8. The van der Waals surface area contributed by atoms with Gasteiger partial charge in [0.05, 0.1) is 5.92 Å². The molecule has 1 fully saturated rings. The van der Waals surface area contributed by atoms with Gasteiger partial charge in [-0.25, -0.2) is 0 Å². The van der Waals surface area contributed by atoms with E-state index >= 15 is 0 Å². The van der Waals surface area contributed by atoms with Gasteiger partial charge >= 0.3 is 5.97 Å². The molecule has 0 radical (unpaired) electrons. The Kier molecular flexibility index (Phi) is 7.62. The van der Waals surface area contributed by atoms with E-state index in [1.54, 1.807) is 6.92 Å². The third-order valence-electron chi connectivity index (χ3n) is 3.95. The number of aliphatic carboxylic acids is 1. The predicted molar refractivity (Wildman–Crippen MR) is 82.2 cm³/mol. The highest BCUT2D eigenvalue weighted by Crippen LogP contribution is 2.14. The number of nitrogens with zero attached hydrogens (tertiary/aromatic N) is 1. The lowest BCUT2D eigenvalue weighted by atomic mass is 10.0. The molecule has 2 N–H and O–H groups in total. The zero-order valence-electron chi connectivity index (χ0n) is 13.0. The maximum Gasteiger partial charge on any atom is 0.306 e. The average molecular weight is 320 g/mol. The van der Waals surface area contributed by atoms with Gasteiger partial charge in [-0.1, -0.05) is 26.2 Å². The van der Waals surface area contributed by atoms with Gasteiger partial charge in [0.15, 0.2) is 0 Å². The first-order valence-corrected chi connectivity index (χ1v) is 9.27. The van der Waals surface area contributed by atoms with Crippen molar-refractivity contribution in [2.45, 2.75) is 64.8 Å². The summed E-state index contributed by atoms with van der Waals surface area (Å²) >= 11 is 0. The van der Waals surface area contributed by atoms with Crippen LogP contribution in [0.5, 0.6) is 0 Å². The molecule has 1 aliphatic rings. The van der Waals surface area contributed by atoms with E-state index in [1.807, 2.05) is 6.92 Å². The molecule has 0 spiro atoms. The van der Waals surface area contributed by atoms with Crippen LogP contribution in [0.2, 0.25) is 0 Å².